The molecular weight excluding hydrogens is 316 g/mol. The van der Waals surface area contributed by atoms with Gasteiger partial charge in [-0.1, -0.05) is 43.8 Å². The summed E-state index contributed by atoms with van der Waals surface area (Å²) >= 11 is 0. The van der Waals surface area contributed by atoms with Gasteiger partial charge in [0.2, 0.25) is 0 Å². The Hall–Kier alpha value is -2.28. The summed E-state index contributed by atoms with van der Waals surface area (Å²) < 4.78 is 6.77. The summed E-state index contributed by atoms with van der Waals surface area (Å²) in [7, 11) is 0. The first kappa shape index (κ1) is 18.5. The van der Waals surface area contributed by atoms with Gasteiger partial charge >= 0.3 is 0 Å². The summed E-state index contributed by atoms with van der Waals surface area (Å²) in [5.74, 6) is 0.983. The van der Waals surface area contributed by atoms with Crippen LogP contribution in [-0.2, 0) is 11.0 Å². The Morgan fingerprint density at radius 3 is 1.96 bits per heavy atom. The molecule has 3 rings (SSSR count). The lowest BCUT2D eigenvalue weighted by molar-refractivity contribution is 0.0661. The molecule has 1 heteroatoms. The largest absolute Gasteiger partial charge is 0.478 e. The van der Waals surface area contributed by atoms with Gasteiger partial charge in [-0.3, -0.25) is 0 Å². The van der Waals surface area contributed by atoms with E-state index in [9.17, 15) is 0 Å². The van der Waals surface area contributed by atoms with Crippen LogP contribution < -0.4 is 4.74 Å². The fourth-order valence-corrected chi connectivity index (χ4v) is 4.20. The van der Waals surface area contributed by atoms with Crippen LogP contribution in [0.1, 0.15) is 52.3 Å². The van der Waals surface area contributed by atoms with Gasteiger partial charge in [0.15, 0.2) is 5.60 Å². The molecular formula is C25H30O. The van der Waals surface area contributed by atoms with Crippen LogP contribution in [0.4, 0.5) is 0 Å². The molecule has 0 radical (unpaired) electrons. The molecule has 0 fully saturated rings. The Morgan fingerprint density at radius 2 is 1.38 bits per heavy atom. The van der Waals surface area contributed by atoms with Crippen molar-refractivity contribution in [2.75, 3.05) is 0 Å². The molecule has 2 aromatic carbocycles. The Bertz CT molecular complexity index is 905. The fourth-order valence-electron chi connectivity index (χ4n) is 4.20. The van der Waals surface area contributed by atoms with Crippen molar-refractivity contribution in [2.24, 2.45) is 0 Å². The zero-order valence-corrected chi connectivity index (χ0v) is 17.0. The lowest BCUT2D eigenvalue weighted by atomic mass is 9.68. The Labute approximate surface area is 158 Å². The zero-order valence-electron chi connectivity index (χ0n) is 17.0. The van der Waals surface area contributed by atoms with Gasteiger partial charge in [-0.15, -0.1) is 6.58 Å². The lowest BCUT2D eigenvalue weighted by Crippen LogP contribution is -2.43. The number of benzene rings is 2. The summed E-state index contributed by atoms with van der Waals surface area (Å²) in [6, 6.07) is 8.77. The van der Waals surface area contributed by atoms with E-state index in [1.165, 1.54) is 38.9 Å². The van der Waals surface area contributed by atoms with Crippen molar-refractivity contribution >= 4 is 0 Å². The van der Waals surface area contributed by atoms with Gasteiger partial charge in [-0.05, 0) is 68.5 Å². The first-order valence-electron chi connectivity index (χ1n) is 9.33. The third-order valence-electron chi connectivity index (χ3n) is 6.50. The lowest BCUT2D eigenvalue weighted by Gasteiger charge is -2.46. The molecule has 0 N–H and O–H groups in total. The van der Waals surface area contributed by atoms with Crippen molar-refractivity contribution in [3.8, 4) is 5.75 Å². The Morgan fingerprint density at radius 1 is 0.808 bits per heavy atom. The highest BCUT2D eigenvalue weighted by Crippen LogP contribution is 2.52. The van der Waals surface area contributed by atoms with E-state index in [0.29, 0.717) is 0 Å². The quantitative estimate of drug-likeness (QED) is 0.574. The van der Waals surface area contributed by atoms with Crippen LogP contribution in [0, 0.1) is 34.6 Å². The fraction of sp³-hybridized carbons (Fsp3) is 0.360. The minimum atomic E-state index is -0.558. The van der Waals surface area contributed by atoms with E-state index in [4.69, 9.17) is 4.74 Å². The van der Waals surface area contributed by atoms with E-state index in [-0.39, 0.29) is 5.41 Å². The number of fused-ring (bicyclic) bond motifs is 1. The Kier molecular flexibility index (Phi) is 4.38. The van der Waals surface area contributed by atoms with Crippen molar-refractivity contribution in [3.05, 3.63) is 88.5 Å². The molecule has 0 amide bonds. The number of allylic oxidation sites excluding steroid dienone is 1. The van der Waals surface area contributed by atoms with Gasteiger partial charge in [-0.25, -0.2) is 0 Å². The van der Waals surface area contributed by atoms with Gasteiger partial charge < -0.3 is 4.74 Å². The average molecular weight is 347 g/mol. The molecule has 1 nitrogen and oxygen atoms in total. The average Bonchev–Trinajstić information content (AvgIpc) is 2.63. The maximum Gasteiger partial charge on any atom is 0.153 e. The van der Waals surface area contributed by atoms with Gasteiger partial charge in [-0.2, -0.15) is 0 Å². The van der Waals surface area contributed by atoms with Crippen LogP contribution in [-0.4, -0.2) is 0 Å². The molecule has 0 aromatic heterocycles. The van der Waals surface area contributed by atoms with Gasteiger partial charge in [0, 0.05) is 23.0 Å². The predicted molar refractivity (Wildman–Crippen MR) is 111 cm³/mol. The molecule has 2 aromatic rings. The normalized spacial score (nSPS) is 24.5. The van der Waals surface area contributed by atoms with Crippen molar-refractivity contribution in [2.45, 2.75) is 59.0 Å². The van der Waals surface area contributed by atoms with Crippen LogP contribution in [0.2, 0.25) is 0 Å². The molecule has 0 saturated carbocycles. The summed E-state index contributed by atoms with van der Waals surface area (Å²) in [5, 5.41) is 0. The molecule has 26 heavy (non-hydrogen) atoms. The zero-order chi connectivity index (χ0) is 19.3. The van der Waals surface area contributed by atoms with E-state index in [0.717, 1.165) is 12.2 Å². The molecule has 1 aliphatic rings. The molecule has 0 bridgehead atoms. The SMILES string of the molecule is C=CC1(C)CC(C=C)(c2ccc(C)c(C)c2C)Oc2c1ccc(C)c2C. The monoisotopic (exact) mass is 346 g/mol. The van der Waals surface area contributed by atoms with Crippen LogP contribution >= 0.6 is 0 Å². The van der Waals surface area contributed by atoms with Crippen LogP contribution in [0.15, 0.2) is 49.6 Å². The second-order valence-electron chi connectivity index (χ2n) is 8.06. The van der Waals surface area contributed by atoms with Gasteiger partial charge in [0.25, 0.3) is 0 Å². The van der Waals surface area contributed by atoms with Crippen LogP contribution in [0.5, 0.6) is 5.75 Å². The van der Waals surface area contributed by atoms with Crippen LogP contribution in [0.3, 0.4) is 0 Å². The molecule has 0 aliphatic carbocycles. The smallest absolute Gasteiger partial charge is 0.153 e. The standard InChI is InChI=1S/C25H30O/c1-9-24(8)15-25(10-2,21-13-11-16(3)18(5)20(21)7)26-23-19(6)17(4)12-14-22(23)24/h9-14H,1-2,15H2,3-8H3. The first-order chi connectivity index (χ1) is 12.2. The Balaban J connectivity index is 2.31. The molecule has 2 unspecified atom stereocenters. The van der Waals surface area contributed by atoms with Crippen molar-refractivity contribution in [1.29, 1.82) is 0 Å². The number of hydrogen-bond acceptors (Lipinski definition) is 1. The summed E-state index contributed by atoms with van der Waals surface area (Å²) in [4.78, 5) is 0. The van der Waals surface area contributed by atoms with Gasteiger partial charge in [0.05, 0.1) is 0 Å². The highest BCUT2D eigenvalue weighted by atomic mass is 16.5. The highest BCUT2D eigenvalue weighted by molar-refractivity contribution is 5.55. The van der Waals surface area contributed by atoms with Crippen molar-refractivity contribution in [3.63, 3.8) is 0 Å². The van der Waals surface area contributed by atoms with Gasteiger partial charge in [0.1, 0.15) is 5.75 Å². The van der Waals surface area contributed by atoms with Crippen LogP contribution in [0.25, 0.3) is 0 Å². The summed E-state index contributed by atoms with van der Waals surface area (Å²) in [6.07, 6.45) is 4.85. The topological polar surface area (TPSA) is 9.23 Å². The minimum absolute atomic E-state index is 0.175. The second-order valence-corrected chi connectivity index (χ2v) is 8.06. The molecule has 1 aliphatic heterocycles. The maximum absolute atomic E-state index is 6.77. The predicted octanol–water partition coefficient (Wildman–Crippen LogP) is 6.54. The second kappa shape index (κ2) is 6.16. The molecule has 0 spiro atoms. The maximum atomic E-state index is 6.77. The first-order valence-corrected chi connectivity index (χ1v) is 9.33. The molecule has 136 valence electrons. The highest BCUT2D eigenvalue weighted by Gasteiger charge is 2.46. The number of ether oxygens (including phenoxy) is 1. The number of rotatable bonds is 3. The van der Waals surface area contributed by atoms with E-state index < -0.39 is 5.60 Å². The van der Waals surface area contributed by atoms with Crippen molar-refractivity contribution in [1.82, 2.24) is 0 Å². The summed E-state index contributed by atoms with van der Waals surface area (Å²) in [5.41, 5.74) is 8.03. The van der Waals surface area contributed by atoms with E-state index in [1.807, 2.05) is 6.08 Å². The van der Waals surface area contributed by atoms with E-state index >= 15 is 0 Å². The molecule has 0 saturated heterocycles. The number of aryl methyl sites for hydroxylation is 2. The molecule has 2 atom stereocenters. The molecule has 1 heterocycles. The minimum Gasteiger partial charge on any atom is -0.478 e. The van der Waals surface area contributed by atoms with E-state index in [2.05, 4.69) is 85.0 Å². The van der Waals surface area contributed by atoms with E-state index in [1.54, 1.807) is 0 Å². The summed E-state index contributed by atoms with van der Waals surface area (Å²) in [6.45, 7) is 21.4. The third kappa shape index (κ3) is 2.53. The number of hydrogen-bond donors (Lipinski definition) is 0. The third-order valence-corrected chi connectivity index (χ3v) is 6.50. The van der Waals surface area contributed by atoms with Crippen molar-refractivity contribution < 1.29 is 4.74 Å².